The van der Waals surface area contributed by atoms with E-state index in [1.807, 2.05) is 31.2 Å². The Morgan fingerprint density at radius 2 is 1.94 bits per heavy atom. The number of benzene rings is 1. The maximum absolute atomic E-state index is 11.8. The van der Waals surface area contributed by atoms with Gasteiger partial charge in [0, 0.05) is 18.1 Å². The van der Waals surface area contributed by atoms with Gasteiger partial charge in [-0.2, -0.15) is 0 Å². The molecule has 1 amide bonds. The van der Waals surface area contributed by atoms with Crippen LogP contribution in [0.2, 0.25) is 0 Å². The van der Waals surface area contributed by atoms with Crippen molar-refractivity contribution in [1.29, 1.82) is 0 Å². The number of carbonyl (C=O) groups is 1. The van der Waals surface area contributed by atoms with E-state index in [1.54, 1.807) is 24.5 Å². The van der Waals surface area contributed by atoms with Gasteiger partial charge in [0.05, 0.1) is 5.56 Å². The average molecular weight is 249 g/mol. The molecule has 0 atom stereocenters. The lowest BCUT2D eigenvalue weighted by atomic mass is 10.2. The van der Waals surface area contributed by atoms with E-state index in [2.05, 4.69) is 10.3 Å². The highest BCUT2D eigenvalue weighted by molar-refractivity contribution is 6.04. The number of pyridine rings is 1. The van der Waals surface area contributed by atoms with Crippen LogP contribution in [0.25, 0.3) is 0 Å². The molecule has 0 radical (unpaired) electrons. The molecule has 0 unspecified atom stereocenters. The molecule has 0 aliphatic heterocycles. The fourth-order valence-corrected chi connectivity index (χ4v) is 1.40. The molecule has 4 heteroatoms. The van der Waals surface area contributed by atoms with E-state index < -0.39 is 0 Å². The van der Waals surface area contributed by atoms with Crippen molar-refractivity contribution in [2.24, 2.45) is 0 Å². The Hall–Kier alpha value is -1.87. The zero-order chi connectivity index (χ0) is 11.4. The fourth-order valence-electron chi connectivity index (χ4n) is 1.40. The summed E-state index contributed by atoms with van der Waals surface area (Å²) in [5.74, 6) is -0.137. The summed E-state index contributed by atoms with van der Waals surface area (Å²) in [5.41, 5.74) is 2.43. The lowest BCUT2D eigenvalue weighted by Crippen LogP contribution is -2.12. The monoisotopic (exact) mass is 248 g/mol. The van der Waals surface area contributed by atoms with Gasteiger partial charge >= 0.3 is 0 Å². The number of nitrogens with one attached hydrogen (secondary N) is 1. The van der Waals surface area contributed by atoms with Crippen molar-refractivity contribution >= 4 is 24.0 Å². The summed E-state index contributed by atoms with van der Waals surface area (Å²) in [6, 6.07) is 11.1. The number of aryl methyl sites for hydroxylation is 1. The highest BCUT2D eigenvalue weighted by Gasteiger charge is 2.06. The Bertz CT molecular complexity index is 500. The SMILES string of the molecule is Cc1ccccc1NC(=O)c1cccnc1.Cl. The first-order chi connectivity index (χ1) is 7.77. The van der Waals surface area contributed by atoms with Crippen molar-refractivity contribution in [3.63, 3.8) is 0 Å². The predicted molar refractivity (Wildman–Crippen MR) is 70.6 cm³/mol. The molecule has 1 aromatic carbocycles. The zero-order valence-corrected chi connectivity index (χ0v) is 10.2. The van der Waals surface area contributed by atoms with Gasteiger partial charge in [0.15, 0.2) is 0 Å². The third-order valence-electron chi connectivity index (χ3n) is 2.32. The van der Waals surface area contributed by atoms with Gasteiger partial charge < -0.3 is 5.32 Å². The number of aromatic nitrogens is 1. The first-order valence-electron chi connectivity index (χ1n) is 5.04. The quantitative estimate of drug-likeness (QED) is 0.888. The van der Waals surface area contributed by atoms with Crippen molar-refractivity contribution < 1.29 is 4.79 Å². The van der Waals surface area contributed by atoms with Crippen LogP contribution in [0.15, 0.2) is 48.8 Å². The molecule has 88 valence electrons. The van der Waals surface area contributed by atoms with Crippen LogP contribution in [0, 0.1) is 6.92 Å². The van der Waals surface area contributed by atoms with Crippen molar-refractivity contribution in [1.82, 2.24) is 4.98 Å². The summed E-state index contributed by atoms with van der Waals surface area (Å²) < 4.78 is 0. The molecule has 1 heterocycles. The zero-order valence-electron chi connectivity index (χ0n) is 9.38. The van der Waals surface area contributed by atoms with Crippen molar-refractivity contribution in [2.45, 2.75) is 6.92 Å². The molecule has 0 saturated heterocycles. The van der Waals surface area contributed by atoms with Gasteiger partial charge in [-0.1, -0.05) is 18.2 Å². The Kier molecular flexibility index (Phi) is 4.67. The minimum atomic E-state index is -0.137. The Morgan fingerprint density at radius 3 is 2.59 bits per heavy atom. The van der Waals surface area contributed by atoms with E-state index in [9.17, 15) is 4.79 Å². The van der Waals surface area contributed by atoms with E-state index in [0.717, 1.165) is 11.3 Å². The molecular formula is C13H13ClN2O. The van der Waals surface area contributed by atoms with Crippen molar-refractivity contribution in [2.75, 3.05) is 5.32 Å². The number of hydrogen-bond donors (Lipinski definition) is 1. The second-order valence-electron chi connectivity index (χ2n) is 3.51. The van der Waals surface area contributed by atoms with Gasteiger partial charge in [0.25, 0.3) is 5.91 Å². The highest BCUT2D eigenvalue weighted by atomic mass is 35.5. The van der Waals surface area contributed by atoms with E-state index >= 15 is 0 Å². The third kappa shape index (κ3) is 3.29. The molecular weight excluding hydrogens is 236 g/mol. The van der Waals surface area contributed by atoms with Gasteiger partial charge in [-0.05, 0) is 30.7 Å². The van der Waals surface area contributed by atoms with Crippen LogP contribution in [0.3, 0.4) is 0 Å². The van der Waals surface area contributed by atoms with Crippen LogP contribution >= 0.6 is 12.4 Å². The van der Waals surface area contributed by atoms with Crippen molar-refractivity contribution in [3.05, 3.63) is 59.9 Å². The molecule has 0 spiro atoms. The first-order valence-corrected chi connectivity index (χ1v) is 5.04. The van der Waals surface area contributed by atoms with Crippen LogP contribution in [-0.2, 0) is 0 Å². The molecule has 1 aromatic heterocycles. The summed E-state index contributed by atoms with van der Waals surface area (Å²) in [4.78, 5) is 15.7. The normalized spacial score (nSPS) is 9.24. The average Bonchev–Trinajstić information content (AvgIpc) is 2.33. The molecule has 0 saturated carbocycles. The van der Waals surface area contributed by atoms with E-state index in [4.69, 9.17) is 0 Å². The highest BCUT2D eigenvalue weighted by Crippen LogP contribution is 2.14. The van der Waals surface area contributed by atoms with Gasteiger partial charge in [0.2, 0.25) is 0 Å². The molecule has 0 aliphatic rings. The summed E-state index contributed by atoms with van der Waals surface area (Å²) in [5, 5.41) is 2.85. The number of amides is 1. The number of para-hydroxylation sites is 1. The van der Waals surface area contributed by atoms with Crippen molar-refractivity contribution in [3.8, 4) is 0 Å². The molecule has 2 rings (SSSR count). The molecule has 0 bridgehead atoms. The predicted octanol–water partition coefficient (Wildman–Crippen LogP) is 3.06. The second-order valence-corrected chi connectivity index (χ2v) is 3.51. The maximum Gasteiger partial charge on any atom is 0.257 e. The Morgan fingerprint density at radius 1 is 1.18 bits per heavy atom. The summed E-state index contributed by atoms with van der Waals surface area (Å²) >= 11 is 0. The minimum absolute atomic E-state index is 0. The number of carbonyl (C=O) groups excluding carboxylic acids is 1. The number of hydrogen-bond acceptors (Lipinski definition) is 2. The van der Waals surface area contributed by atoms with E-state index in [-0.39, 0.29) is 18.3 Å². The molecule has 1 N–H and O–H groups in total. The topological polar surface area (TPSA) is 42.0 Å². The summed E-state index contributed by atoms with van der Waals surface area (Å²) in [6.45, 7) is 1.96. The number of rotatable bonds is 2. The van der Waals surface area contributed by atoms with Gasteiger partial charge in [-0.25, -0.2) is 0 Å². The maximum atomic E-state index is 11.8. The number of anilines is 1. The molecule has 2 aromatic rings. The smallest absolute Gasteiger partial charge is 0.257 e. The van der Waals surface area contributed by atoms with Gasteiger partial charge in [-0.15, -0.1) is 12.4 Å². The lowest BCUT2D eigenvalue weighted by molar-refractivity contribution is 0.102. The summed E-state index contributed by atoms with van der Waals surface area (Å²) in [6.07, 6.45) is 3.19. The van der Waals surface area contributed by atoms with E-state index in [0.29, 0.717) is 5.56 Å². The van der Waals surface area contributed by atoms with Gasteiger partial charge in [0.1, 0.15) is 0 Å². The third-order valence-corrected chi connectivity index (χ3v) is 2.32. The number of nitrogens with zero attached hydrogens (tertiary/aromatic N) is 1. The van der Waals surface area contributed by atoms with Gasteiger partial charge in [-0.3, -0.25) is 9.78 Å². The van der Waals surface area contributed by atoms with Crippen LogP contribution in [0.1, 0.15) is 15.9 Å². The van der Waals surface area contributed by atoms with Crippen LogP contribution in [0.5, 0.6) is 0 Å². The minimum Gasteiger partial charge on any atom is -0.322 e. The first kappa shape index (κ1) is 13.2. The summed E-state index contributed by atoms with van der Waals surface area (Å²) in [7, 11) is 0. The largest absolute Gasteiger partial charge is 0.322 e. The van der Waals surface area contributed by atoms with E-state index in [1.165, 1.54) is 0 Å². The molecule has 3 nitrogen and oxygen atoms in total. The molecule has 0 aliphatic carbocycles. The van der Waals surface area contributed by atoms with Crippen LogP contribution < -0.4 is 5.32 Å². The fraction of sp³-hybridized carbons (Fsp3) is 0.0769. The number of halogens is 1. The van der Waals surface area contributed by atoms with Crippen LogP contribution in [0.4, 0.5) is 5.69 Å². The Balaban J connectivity index is 0.00000144. The second kappa shape index (κ2) is 6.01. The Labute approximate surface area is 106 Å². The molecule has 0 fully saturated rings. The lowest BCUT2D eigenvalue weighted by Gasteiger charge is -2.07. The van der Waals surface area contributed by atoms with Crippen LogP contribution in [-0.4, -0.2) is 10.9 Å². The molecule has 17 heavy (non-hydrogen) atoms. The standard InChI is InChI=1S/C13H12N2O.ClH/c1-10-5-2-3-7-12(10)15-13(16)11-6-4-8-14-9-11;/h2-9H,1H3,(H,15,16);1H.